The molecule has 24 heavy (non-hydrogen) atoms. The number of ether oxygens (including phenoxy) is 1. The van der Waals surface area contributed by atoms with Crippen LogP contribution in [-0.4, -0.2) is 31.0 Å². The molecule has 2 aromatic carbocycles. The number of rotatable bonds is 5. The SMILES string of the molecule is COc1ccc(NC(=O)C2CCN(Cc3ccccc3)C2)cc1Cl. The summed E-state index contributed by atoms with van der Waals surface area (Å²) < 4.78 is 5.12. The lowest BCUT2D eigenvalue weighted by molar-refractivity contribution is -0.119. The van der Waals surface area contributed by atoms with Crippen molar-refractivity contribution in [2.24, 2.45) is 5.92 Å². The molecule has 1 unspecified atom stereocenters. The summed E-state index contributed by atoms with van der Waals surface area (Å²) in [6, 6.07) is 15.6. The lowest BCUT2D eigenvalue weighted by Gasteiger charge is -2.16. The van der Waals surface area contributed by atoms with Crippen molar-refractivity contribution >= 4 is 23.2 Å². The standard InChI is InChI=1S/C19H21ClN2O2/c1-24-18-8-7-16(11-17(18)20)21-19(23)15-9-10-22(13-15)12-14-5-3-2-4-6-14/h2-8,11,15H,9-10,12-13H2,1H3,(H,21,23). The summed E-state index contributed by atoms with van der Waals surface area (Å²) in [6.45, 7) is 2.61. The average molecular weight is 345 g/mol. The number of benzene rings is 2. The molecule has 5 heteroatoms. The van der Waals surface area contributed by atoms with E-state index in [4.69, 9.17) is 16.3 Å². The van der Waals surface area contributed by atoms with Crippen molar-refractivity contribution in [1.29, 1.82) is 0 Å². The number of amides is 1. The van der Waals surface area contributed by atoms with Gasteiger partial charge >= 0.3 is 0 Å². The number of carbonyl (C=O) groups excluding carboxylic acids is 1. The molecule has 126 valence electrons. The molecular weight excluding hydrogens is 324 g/mol. The van der Waals surface area contributed by atoms with E-state index in [1.54, 1.807) is 25.3 Å². The summed E-state index contributed by atoms with van der Waals surface area (Å²) >= 11 is 6.10. The second-order valence-electron chi connectivity index (χ2n) is 6.04. The number of nitrogens with zero attached hydrogens (tertiary/aromatic N) is 1. The van der Waals surface area contributed by atoms with Crippen molar-refractivity contribution in [2.75, 3.05) is 25.5 Å². The molecule has 1 saturated heterocycles. The number of carbonyl (C=O) groups is 1. The minimum absolute atomic E-state index is 0.00888. The zero-order valence-electron chi connectivity index (χ0n) is 13.7. The molecule has 2 aromatic rings. The summed E-state index contributed by atoms with van der Waals surface area (Å²) in [7, 11) is 1.57. The van der Waals surface area contributed by atoms with Gasteiger partial charge in [0.25, 0.3) is 0 Å². The Bertz CT molecular complexity index is 706. The fraction of sp³-hybridized carbons (Fsp3) is 0.316. The highest BCUT2D eigenvalue weighted by Crippen LogP contribution is 2.28. The first-order valence-electron chi connectivity index (χ1n) is 8.06. The third kappa shape index (κ3) is 4.08. The van der Waals surface area contributed by atoms with Crippen molar-refractivity contribution in [3.05, 3.63) is 59.1 Å². The molecular formula is C19H21ClN2O2. The van der Waals surface area contributed by atoms with E-state index in [1.807, 2.05) is 18.2 Å². The van der Waals surface area contributed by atoms with Crippen LogP contribution in [0.3, 0.4) is 0 Å². The zero-order chi connectivity index (χ0) is 16.9. The molecule has 1 aliphatic heterocycles. The summed E-state index contributed by atoms with van der Waals surface area (Å²) in [5, 5.41) is 3.45. The number of nitrogens with one attached hydrogen (secondary N) is 1. The molecule has 1 atom stereocenters. The Morgan fingerprint density at radius 3 is 2.79 bits per heavy atom. The van der Waals surface area contributed by atoms with Gasteiger partial charge in [0, 0.05) is 18.8 Å². The minimum atomic E-state index is 0.00888. The van der Waals surface area contributed by atoms with Crippen LogP contribution < -0.4 is 10.1 Å². The predicted molar refractivity (Wildman–Crippen MR) is 96.5 cm³/mol. The van der Waals surface area contributed by atoms with Crippen molar-refractivity contribution in [3.8, 4) is 5.75 Å². The fourth-order valence-electron chi connectivity index (χ4n) is 3.02. The van der Waals surface area contributed by atoms with Crippen LogP contribution in [0.25, 0.3) is 0 Å². The number of hydrogen-bond acceptors (Lipinski definition) is 3. The van der Waals surface area contributed by atoms with Gasteiger partial charge in [0.2, 0.25) is 5.91 Å². The molecule has 4 nitrogen and oxygen atoms in total. The van der Waals surface area contributed by atoms with Gasteiger partial charge in [-0.25, -0.2) is 0 Å². The Balaban J connectivity index is 1.55. The van der Waals surface area contributed by atoms with Crippen molar-refractivity contribution < 1.29 is 9.53 Å². The normalized spacial score (nSPS) is 17.7. The van der Waals surface area contributed by atoms with E-state index in [0.717, 1.165) is 26.1 Å². The predicted octanol–water partition coefficient (Wildman–Crippen LogP) is 3.81. The third-order valence-corrected chi connectivity index (χ3v) is 4.61. The third-order valence-electron chi connectivity index (χ3n) is 4.31. The molecule has 0 aromatic heterocycles. The molecule has 0 saturated carbocycles. The van der Waals surface area contributed by atoms with Gasteiger partial charge in [-0.05, 0) is 36.7 Å². The Morgan fingerprint density at radius 2 is 2.08 bits per heavy atom. The van der Waals surface area contributed by atoms with Gasteiger partial charge in [0.1, 0.15) is 5.75 Å². The first-order chi connectivity index (χ1) is 11.7. The van der Waals surface area contributed by atoms with E-state index < -0.39 is 0 Å². The van der Waals surface area contributed by atoms with Crippen molar-refractivity contribution in [3.63, 3.8) is 0 Å². The molecule has 1 fully saturated rings. The Labute approximate surface area is 147 Å². The maximum atomic E-state index is 12.5. The van der Waals surface area contributed by atoms with E-state index in [9.17, 15) is 4.79 Å². The summed E-state index contributed by atoms with van der Waals surface area (Å²) in [5.41, 5.74) is 1.98. The van der Waals surface area contributed by atoms with E-state index in [2.05, 4.69) is 22.3 Å². The van der Waals surface area contributed by atoms with Crippen LogP contribution in [0.2, 0.25) is 5.02 Å². The topological polar surface area (TPSA) is 41.6 Å². The second kappa shape index (κ2) is 7.69. The van der Waals surface area contributed by atoms with E-state index in [1.165, 1.54) is 5.56 Å². The van der Waals surface area contributed by atoms with Gasteiger partial charge in [0.15, 0.2) is 0 Å². The smallest absolute Gasteiger partial charge is 0.228 e. The quantitative estimate of drug-likeness (QED) is 0.896. The van der Waals surface area contributed by atoms with Crippen LogP contribution in [-0.2, 0) is 11.3 Å². The summed E-state index contributed by atoms with van der Waals surface area (Å²) in [4.78, 5) is 14.8. The maximum Gasteiger partial charge on any atom is 0.228 e. The van der Waals surface area contributed by atoms with Crippen molar-refractivity contribution in [1.82, 2.24) is 4.90 Å². The van der Waals surface area contributed by atoms with Gasteiger partial charge in [-0.3, -0.25) is 9.69 Å². The number of methoxy groups -OCH3 is 1. The lowest BCUT2D eigenvalue weighted by Crippen LogP contribution is -2.26. The zero-order valence-corrected chi connectivity index (χ0v) is 14.4. The molecule has 1 N–H and O–H groups in total. The lowest BCUT2D eigenvalue weighted by atomic mass is 10.1. The first kappa shape index (κ1) is 16.8. The summed E-state index contributed by atoms with van der Waals surface area (Å²) in [5.74, 6) is 0.658. The van der Waals surface area contributed by atoms with Gasteiger partial charge in [-0.2, -0.15) is 0 Å². The first-order valence-corrected chi connectivity index (χ1v) is 8.44. The van der Waals surface area contributed by atoms with Crippen LogP contribution in [0.4, 0.5) is 5.69 Å². The number of anilines is 1. The van der Waals surface area contributed by atoms with Gasteiger partial charge in [0.05, 0.1) is 18.1 Å². The Hall–Kier alpha value is -2.04. The van der Waals surface area contributed by atoms with E-state index in [0.29, 0.717) is 16.5 Å². The highest BCUT2D eigenvalue weighted by molar-refractivity contribution is 6.32. The second-order valence-corrected chi connectivity index (χ2v) is 6.45. The van der Waals surface area contributed by atoms with Crippen molar-refractivity contribution in [2.45, 2.75) is 13.0 Å². The molecule has 0 bridgehead atoms. The van der Waals surface area contributed by atoms with E-state index >= 15 is 0 Å². The van der Waals surface area contributed by atoms with Crippen LogP contribution in [0.1, 0.15) is 12.0 Å². The molecule has 0 spiro atoms. The molecule has 0 radical (unpaired) electrons. The van der Waals surface area contributed by atoms with Crippen LogP contribution in [0.5, 0.6) is 5.75 Å². The Morgan fingerprint density at radius 1 is 1.29 bits per heavy atom. The minimum Gasteiger partial charge on any atom is -0.495 e. The van der Waals surface area contributed by atoms with Crippen LogP contribution >= 0.6 is 11.6 Å². The fourth-order valence-corrected chi connectivity index (χ4v) is 3.28. The maximum absolute atomic E-state index is 12.5. The number of likely N-dealkylation sites (tertiary alicyclic amines) is 1. The Kier molecular flexibility index (Phi) is 5.38. The van der Waals surface area contributed by atoms with E-state index in [-0.39, 0.29) is 11.8 Å². The average Bonchev–Trinajstić information content (AvgIpc) is 3.04. The molecule has 1 amide bonds. The molecule has 3 rings (SSSR count). The number of halogens is 1. The molecule has 1 heterocycles. The largest absolute Gasteiger partial charge is 0.495 e. The highest BCUT2D eigenvalue weighted by atomic mass is 35.5. The van der Waals surface area contributed by atoms with Gasteiger partial charge < -0.3 is 10.1 Å². The van der Waals surface area contributed by atoms with Gasteiger partial charge in [-0.1, -0.05) is 41.9 Å². The molecule has 0 aliphatic carbocycles. The van der Waals surface area contributed by atoms with Crippen LogP contribution in [0, 0.1) is 5.92 Å². The van der Waals surface area contributed by atoms with Crippen LogP contribution in [0.15, 0.2) is 48.5 Å². The van der Waals surface area contributed by atoms with Gasteiger partial charge in [-0.15, -0.1) is 0 Å². The monoisotopic (exact) mass is 344 g/mol. The number of hydrogen-bond donors (Lipinski definition) is 1. The summed E-state index contributed by atoms with van der Waals surface area (Å²) in [6.07, 6.45) is 0.878. The molecule has 1 aliphatic rings. The highest BCUT2D eigenvalue weighted by Gasteiger charge is 2.28.